The van der Waals surface area contributed by atoms with E-state index in [-0.39, 0.29) is 17.3 Å². The Morgan fingerprint density at radius 3 is 2.43 bits per heavy atom. The van der Waals surface area contributed by atoms with E-state index >= 15 is 0 Å². The number of hydrogen-bond donors (Lipinski definition) is 2. The van der Waals surface area contributed by atoms with Gasteiger partial charge in [-0.25, -0.2) is 4.39 Å². The Morgan fingerprint density at radius 2 is 1.79 bits per heavy atom. The quantitative estimate of drug-likeness (QED) is 0.566. The number of anilines is 1. The van der Waals surface area contributed by atoms with Gasteiger partial charge in [-0.2, -0.15) is 0 Å². The summed E-state index contributed by atoms with van der Waals surface area (Å²) in [6.07, 6.45) is 2.73. The van der Waals surface area contributed by atoms with Crippen molar-refractivity contribution in [2.24, 2.45) is 0 Å². The lowest BCUT2D eigenvalue weighted by atomic mass is 9.89. The summed E-state index contributed by atoms with van der Waals surface area (Å²) in [4.78, 5) is 14.9. The van der Waals surface area contributed by atoms with Crippen LogP contribution in [-0.4, -0.2) is 42.6 Å². The van der Waals surface area contributed by atoms with Crippen LogP contribution in [0, 0.1) is 5.82 Å². The summed E-state index contributed by atoms with van der Waals surface area (Å²) in [5.41, 5.74) is 6.77. The smallest absolute Gasteiger partial charge is 0.251 e. The van der Waals surface area contributed by atoms with Crippen LogP contribution in [0.1, 0.15) is 36.5 Å². The van der Waals surface area contributed by atoms with Gasteiger partial charge in [0.1, 0.15) is 11.6 Å². The first-order valence-electron chi connectivity index (χ1n) is 9.72. The predicted octanol–water partition coefficient (Wildman–Crippen LogP) is 3.46. The number of rotatable bonds is 7. The average Bonchev–Trinajstić information content (AvgIpc) is 2.68. The number of carbonyl (C=O) groups excluding carboxylic acids is 1. The Bertz CT molecular complexity index is 769. The fourth-order valence-corrected chi connectivity index (χ4v) is 3.38. The average molecular weight is 385 g/mol. The lowest BCUT2D eigenvalue weighted by molar-refractivity contribution is 0.0829. The lowest BCUT2D eigenvalue weighted by Crippen LogP contribution is -2.53. The minimum absolute atomic E-state index is 0.0522. The number of nitrogen functional groups attached to an aromatic ring is 1. The Hall–Kier alpha value is -2.60. The molecule has 6 heteroatoms. The molecule has 3 N–H and O–H groups in total. The Balaban J connectivity index is 1.37. The van der Waals surface area contributed by atoms with Gasteiger partial charge in [-0.05, 0) is 74.7 Å². The molecule has 0 unspecified atom stereocenters. The predicted molar refractivity (Wildman–Crippen MR) is 109 cm³/mol. The zero-order valence-corrected chi connectivity index (χ0v) is 16.3. The minimum Gasteiger partial charge on any atom is -0.494 e. The maximum atomic E-state index is 12.9. The van der Waals surface area contributed by atoms with E-state index in [1.807, 2.05) is 0 Å². The third-order valence-corrected chi connectivity index (χ3v) is 5.25. The molecule has 0 saturated carbocycles. The van der Waals surface area contributed by atoms with E-state index < -0.39 is 0 Å². The number of nitrogens with two attached hydrogens (primary N) is 1. The van der Waals surface area contributed by atoms with Crippen molar-refractivity contribution in [2.45, 2.75) is 31.7 Å². The maximum Gasteiger partial charge on any atom is 0.251 e. The van der Waals surface area contributed by atoms with Gasteiger partial charge in [0, 0.05) is 36.4 Å². The summed E-state index contributed by atoms with van der Waals surface area (Å²) >= 11 is 0. The minimum atomic E-state index is -0.257. The Kier molecular flexibility index (Phi) is 6.52. The molecule has 5 nitrogen and oxygen atoms in total. The van der Waals surface area contributed by atoms with Crippen LogP contribution in [0.4, 0.5) is 10.1 Å². The third kappa shape index (κ3) is 5.70. The van der Waals surface area contributed by atoms with Gasteiger partial charge in [-0.1, -0.05) is 0 Å². The van der Waals surface area contributed by atoms with E-state index in [4.69, 9.17) is 10.5 Å². The van der Waals surface area contributed by atoms with Gasteiger partial charge in [-0.15, -0.1) is 0 Å². The first kappa shape index (κ1) is 20.1. The first-order valence-corrected chi connectivity index (χ1v) is 9.72. The number of nitrogens with one attached hydrogen (secondary N) is 1. The number of amides is 1. The zero-order chi connectivity index (χ0) is 20.0. The Labute approximate surface area is 165 Å². The molecule has 1 heterocycles. The summed E-state index contributed by atoms with van der Waals surface area (Å²) in [6.45, 7) is 5.54. The highest BCUT2D eigenvalue weighted by Gasteiger charge is 2.31. The number of halogens is 1. The zero-order valence-electron chi connectivity index (χ0n) is 16.3. The van der Waals surface area contributed by atoms with Crippen molar-refractivity contribution in [1.29, 1.82) is 0 Å². The molecule has 0 bridgehead atoms. The molecule has 0 spiro atoms. The topological polar surface area (TPSA) is 67.6 Å². The van der Waals surface area contributed by atoms with Gasteiger partial charge in [0.25, 0.3) is 5.91 Å². The van der Waals surface area contributed by atoms with Crippen LogP contribution in [0.3, 0.4) is 0 Å². The number of hydrogen-bond acceptors (Lipinski definition) is 4. The molecule has 28 heavy (non-hydrogen) atoms. The molecule has 150 valence electrons. The summed E-state index contributed by atoms with van der Waals surface area (Å²) in [6, 6.07) is 13.1. The van der Waals surface area contributed by atoms with E-state index in [0.717, 1.165) is 38.9 Å². The fourth-order valence-electron chi connectivity index (χ4n) is 3.38. The van der Waals surface area contributed by atoms with E-state index in [1.54, 1.807) is 36.4 Å². The number of piperidine rings is 1. The largest absolute Gasteiger partial charge is 0.494 e. The molecule has 1 fully saturated rings. The van der Waals surface area contributed by atoms with Crippen molar-refractivity contribution >= 4 is 11.6 Å². The molecule has 1 aliphatic heterocycles. The molecule has 0 radical (unpaired) electrons. The molecule has 2 aromatic carbocycles. The van der Waals surface area contributed by atoms with Gasteiger partial charge in [0.15, 0.2) is 0 Å². The number of ether oxygens (including phenoxy) is 1. The second-order valence-corrected chi connectivity index (χ2v) is 7.63. The summed E-state index contributed by atoms with van der Waals surface area (Å²) in [7, 11) is 0. The summed E-state index contributed by atoms with van der Waals surface area (Å²) in [5.74, 6) is 0.383. The molecule has 0 aliphatic carbocycles. The van der Waals surface area contributed by atoms with Crippen LogP contribution in [0.2, 0.25) is 0 Å². The van der Waals surface area contributed by atoms with Crippen LogP contribution in [0.5, 0.6) is 5.75 Å². The number of benzene rings is 2. The van der Waals surface area contributed by atoms with Gasteiger partial charge < -0.3 is 20.7 Å². The summed E-state index contributed by atoms with van der Waals surface area (Å²) in [5, 5.41) is 3.18. The van der Waals surface area contributed by atoms with Gasteiger partial charge >= 0.3 is 0 Å². The van der Waals surface area contributed by atoms with Crippen LogP contribution < -0.4 is 15.8 Å². The van der Waals surface area contributed by atoms with Crippen molar-refractivity contribution in [2.75, 3.05) is 32.0 Å². The highest BCUT2D eigenvalue weighted by Crippen LogP contribution is 2.23. The molecule has 1 aliphatic rings. The SMILES string of the molecule is CC1(NC(=O)c2ccc(N)cc2)CCN(CCCOc2ccc(F)cc2)CC1. The Morgan fingerprint density at radius 1 is 1.14 bits per heavy atom. The number of carbonyl (C=O) groups is 1. The standard InChI is InChI=1S/C22H28FN3O2/c1-22(25-21(27)17-3-7-19(24)8-4-17)11-14-26(15-12-22)13-2-16-28-20-9-5-18(23)6-10-20/h3-10H,2,11-16,24H2,1H3,(H,25,27). The molecule has 3 rings (SSSR count). The molecular formula is C22H28FN3O2. The van der Waals surface area contributed by atoms with Crippen molar-refractivity contribution in [3.63, 3.8) is 0 Å². The first-order chi connectivity index (χ1) is 13.4. The van der Waals surface area contributed by atoms with E-state index in [0.29, 0.717) is 23.6 Å². The molecular weight excluding hydrogens is 357 g/mol. The van der Waals surface area contributed by atoms with Crippen LogP contribution in [-0.2, 0) is 0 Å². The van der Waals surface area contributed by atoms with Crippen LogP contribution in [0.25, 0.3) is 0 Å². The van der Waals surface area contributed by atoms with Crippen LogP contribution >= 0.6 is 0 Å². The second kappa shape index (κ2) is 9.06. The molecule has 0 aromatic heterocycles. The highest BCUT2D eigenvalue weighted by molar-refractivity contribution is 5.95. The molecule has 1 saturated heterocycles. The number of nitrogens with zero attached hydrogens (tertiary/aromatic N) is 1. The van der Waals surface area contributed by atoms with Gasteiger partial charge in [0.2, 0.25) is 0 Å². The van der Waals surface area contributed by atoms with E-state index in [2.05, 4.69) is 17.1 Å². The lowest BCUT2D eigenvalue weighted by Gasteiger charge is -2.40. The molecule has 1 amide bonds. The fraction of sp³-hybridized carbons (Fsp3) is 0.409. The van der Waals surface area contributed by atoms with Gasteiger partial charge in [0.05, 0.1) is 6.61 Å². The van der Waals surface area contributed by atoms with Gasteiger partial charge in [-0.3, -0.25) is 4.79 Å². The molecule has 2 aromatic rings. The molecule has 0 atom stereocenters. The third-order valence-electron chi connectivity index (χ3n) is 5.25. The second-order valence-electron chi connectivity index (χ2n) is 7.63. The van der Waals surface area contributed by atoms with Crippen molar-refractivity contribution < 1.29 is 13.9 Å². The normalized spacial score (nSPS) is 16.5. The highest BCUT2D eigenvalue weighted by atomic mass is 19.1. The van der Waals surface area contributed by atoms with E-state index in [9.17, 15) is 9.18 Å². The number of likely N-dealkylation sites (tertiary alicyclic amines) is 1. The van der Waals surface area contributed by atoms with E-state index in [1.165, 1.54) is 12.1 Å². The summed E-state index contributed by atoms with van der Waals surface area (Å²) < 4.78 is 18.5. The van der Waals surface area contributed by atoms with Crippen molar-refractivity contribution in [3.05, 3.63) is 59.9 Å². The van der Waals surface area contributed by atoms with Crippen molar-refractivity contribution in [3.8, 4) is 5.75 Å². The van der Waals surface area contributed by atoms with Crippen LogP contribution in [0.15, 0.2) is 48.5 Å². The maximum absolute atomic E-state index is 12.9. The van der Waals surface area contributed by atoms with Crippen molar-refractivity contribution in [1.82, 2.24) is 10.2 Å². The monoisotopic (exact) mass is 385 g/mol.